The molecular weight excluding hydrogens is 266 g/mol. The number of ether oxygens (including phenoxy) is 1. The number of nitrogens with one attached hydrogen (secondary N) is 1. The van der Waals surface area contributed by atoms with Crippen LogP contribution in [0.25, 0.3) is 0 Å². The first-order valence-electron chi connectivity index (χ1n) is 7.64. The van der Waals surface area contributed by atoms with Gasteiger partial charge in [-0.25, -0.2) is 9.97 Å². The van der Waals surface area contributed by atoms with E-state index in [9.17, 15) is 5.11 Å². The largest absolute Gasteiger partial charge is 0.484 e. The molecule has 0 bridgehead atoms. The van der Waals surface area contributed by atoms with Crippen molar-refractivity contribution in [1.29, 1.82) is 0 Å². The second-order valence-electron chi connectivity index (χ2n) is 7.41. The van der Waals surface area contributed by atoms with E-state index in [1.807, 2.05) is 0 Å². The van der Waals surface area contributed by atoms with Gasteiger partial charge in [0, 0.05) is 6.04 Å². The van der Waals surface area contributed by atoms with Crippen molar-refractivity contribution < 1.29 is 9.84 Å². The first-order chi connectivity index (χ1) is 9.80. The van der Waals surface area contributed by atoms with Crippen molar-refractivity contribution in [3.8, 4) is 5.75 Å². The highest BCUT2D eigenvalue weighted by Gasteiger charge is 2.40. The Kier molecular flexibility index (Phi) is 4.84. The summed E-state index contributed by atoms with van der Waals surface area (Å²) < 4.78 is 5.80. The molecule has 0 unspecified atom stereocenters. The Hall–Kier alpha value is -1.20. The molecule has 0 radical (unpaired) electrons. The van der Waals surface area contributed by atoms with Gasteiger partial charge in [-0.2, -0.15) is 0 Å². The number of hydrogen-bond donors (Lipinski definition) is 2. The third kappa shape index (κ3) is 5.59. The maximum absolute atomic E-state index is 9.42. The molecule has 1 saturated carbocycles. The van der Waals surface area contributed by atoms with Crippen LogP contribution in [0.5, 0.6) is 5.75 Å². The number of aromatic nitrogens is 2. The van der Waals surface area contributed by atoms with Crippen LogP contribution in [-0.2, 0) is 6.54 Å². The summed E-state index contributed by atoms with van der Waals surface area (Å²) in [5.74, 6) is 1.45. The van der Waals surface area contributed by atoms with Crippen LogP contribution in [0.4, 0.5) is 0 Å². The first-order valence-corrected chi connectivity index (χ1v) is 7.64. The van der Waals surface area contributed by atoms with E-state index in [1.165, 1.54) is 0 Å². The van der Waals surface area contributed by atoms with Gasteiger partial charge in [0.25, 0.3) is 0 Å². The SMILES string of the molecule is CC(C)(C)C[C@H](CO)NCc1ncc(OC2(C)CC2)cn1. The monoisotopic (exact) mass is 293 g/mol. The molecule has 21 heavy (non-hydrogen) atoms. The minimum Gasteiger partial charge on any atom is -0.484 e. The molecule has 1 fully saturated rings. The van der Waals surface area contributed by atoms with Gasteiger partial charge in [-0.15, -0.1) is 0 Å². The molecule has 0 saturated heterocycles. The standard InChI is InChI=1S/C16H27N3O2/c1-15(2,3)7-12(11-20)17-10-14-18-8-13(9-19-14)21-16(4)5-6-16/h8-9,12,17,20H,5-7,10-11H2,1-4H3/t12-/m1/s1. The zero-order valence-corrected chi connectivity index (χ0v) is 13.5. The molecule has 0 spiro atoms. The van der Waals surface area contributed by atoms with E-state index in [-0.39, 0.29) is 23.7 Å². The van der Waals surface area contributed by atoms with Gasteiger partial charge in [-0.05, 0) is 31.6 Å². The Labute approximate surface area is 127 Å². The van der Waals surface area contributed by atoms with Crippen molar-refractivity contribution in [2.45, 2.75) is 65.1 Å². The zero-order chi connectivity index (χ0) is 15.5. The third-order valence-corrected chi connectivity index (χ3v) is 3.63. The molecule has 2 N–H and O–H groups in total. The fraction of sp³-hybridized carbons (Fsp3) is 0.750. The molecule has 2 rings (SSSR count). The lowest BCUT2D eigenvalue weighted by Crippen LogP contribution is -2.35. The summed E-state index contributed by atoms with van der Waals surface area (Å²) in [6.45, 7) is 9.27. The van der Waals surface area contributed by atoms with E-state index >= 15 is 0 Å². The number of aliphatic hydroxyl groups is 1. The lowest BCUT2D eigenvalue weighted by molar-refractivity contribution is 0.195. The molecule has 1 aliphatic rings. The van der Waals surface area contributed by atoms with Crippen LogP contribution in [0.15, 0.2) is 12.4 Å². The summed E-state index contributed by atoms with van der Waals surface area (Å²) in [5, 5.41) is 12.7. The van der Waals surface area contributed by atoms with E-state index in [0.29, 0.717) is 6.54 Å². The van der Waals surface area contributed by atoms with Crippen molar-refractivity contribution in [2.24, 2.45) is 5.41 Å². The number of hydrogen-bond acceptors (Lipinski definition) is 5. The fourth-order valence-electron chi connectivity index (χ4n) is 2.23. The second kappa shape index (κ2) is 6.28. The topological polar surface area (TPSA) is 67.3 Å². The lowest BCUT2D eigenvalue weighted by atomic mass is 9.88. The average molecular weight is 293 g/mol. The Morgan fingerprint density at radius 2 is 1.95 bits per heavy atom. The maximum Gasteiger partial charge on any atom is 0.156 e. The van der Waals surface area contributed by atoms with Crippen LogP contribution < -0.4 is 10.1 Å². The molecule has 0 amide bonds. The smallest absolute Gasteiger partial charge is 0.156 e. The Morgan fingerprint density at radius 3 is 2.43 bits per heavy atom. The summed E-state index contributed by atoms with van der Waals surface area (Å²) in [4.78, 5) is 8.63. The Balaban J connectivity index is 1.82. The van der Waals surface area contributed by atoms with Crippen LogP contribution in [0.3, 0.4) is 0 Å². The molecular formula is C16H27N3O2. The van der Waals surface area contributed by atoms with Gasteiger partial charge in [0.1, 0.15) is 11.4 Å². The van der Waals surface area contributed by atoms with Crippen molar-refractivity contribution in [2.75, 3.05) is 6.61 Å². The minimum absolute atomic E-state index is 0.00216. The molecule has 1 heterocycles. The maximum atomic E-state index is 9.42. The van der Waals surface area contributed by atoms with Gasteiger partial charge in [-0.3, -0.25) is 0 Å². The third-order valence-electron chi connectivity index (χ3n) is 3.63. The van der Waals surface area contributed by atoms with E-state index in [1.54, 1.807) is 12.4 Å². The summed E-state index contributed by atoms with van der Waals surface area (Å²) in [5.41, 5.74) is 0.177. The van der Waals surface area contributed by atoms with Gasteiger partial charge < -0.3 is 15.2 Å². The lowest BCUT2D eigenvalue weighted by Gasteiger charge is -2.25. The van der Waals surface area contributed by atoms with E-state index < -0.39 is 0 Å². The van der Waals surface area contributed by atoms with Crippen LogP contribution in [-0.4, -0.2) is 33.3 Å². The molecule has 1 aromatic rings. The van der Waals surface area contributed by atoms with E-state index in [4.69, 9.17) is 4.74 Å². The van der Waals surface area contributed by atoms with Crippen LogP contribution in [0.2, 0.25) is 0 Å². The van der Waals surface area contributed by atoms with Gasteiger partial charge in [0.05, 0.1) is 25.5 Å². The van der Waals surface area contributed by atoms with Gasteiger partial charge in [0.15, 0.2) is 5.75 Å². The average Bonchev–Trinajstić information content (AvgIpc) is 3.12. The predicted molar refractivity (Wildman–Crippen MR) is 82.1 cm³/mol. The molecule has 5 heteroatoms. The highest BCUT2D eigenvalue weighted by molar-refractivity contribution is 5.15. The Bertz CT molecular complexity index is 450. The summed E-state index contributed by atoms with van der Waals surface area (Å²) in [6.07, 6.45) is 6.56. The van der Waals surface area contributed by atoms with E-state index in [2.05, 4.69) is 43.0 Å². The highest BCUT2D eigenvalue weighted by atomic mass is 16.5. The van der Waals surface area contributed by atoms with E-state index in [0.717, 1.165) is 30.8 Å². The molecule has 1 aliphatic carbocycles. The van der Waals surface area contributed by atoms with Crippen LogP contribution >= 0.6 is 0 Å². The molecule has 5 nitrogen and oxygen atoms in total. The minimum atomic E-state index is -0.00216. The molecule has 1 aromatic heterocycles. The second-order valence-corrected chi connectivity index (χ2v) is 7.41. The van der Waals surface area contributed by atoms with Crippen molar-refractivity contribution in [3.05, 3.63) is 18.2 Å². The molecule has 0 aliphatic heterocycles. The van der Waals surface area contributed by atoms with Crippen LogP contribution in [0, 0.1) is 5.41 Å². The summed E-state index contributed by atoms with van der Waals surface area (Å²) in [7, 11) is 0. The first kappa shape index (κ1) is 16.2. The zero-order valence-electron chi connectivity index (χ0n) is 13.5. The van der Waals surface area contributed by atoms with Gasteiger partial charge in [0.2, 0.25) is 0 Å². The fourth-order valence-corrected chi connectivity index (χ4v) is 2.23. The van der Waals surface area contributed by atoms with Crippen molar-refractivity contribution >= 4 is 0 Å². The Morgan fingerprint density at radius 1 is 1.33 bits per heavy atom. The summed E-state index contributed by atoms with van der Waals surface area (Å²) in [6, 6.07) is 0.0647. The van der Waals surface area contributed by atoms with Crippen molar-refractivity contribution in [3.63, 3.8) is 0 Å². The quantitative estimate of drug-likeness (QED) is 0.807. The molecule has 1 atom stereocenters. The number of nitrogens with zero attached hydrogens (tertiary/aromatic N) is 2. The van der Waals surface area contributed by atoms with Gasteiger partial charge >= 0.3 is 0 Å². The summed E-state index contributed by atoms with van der Waals surface area (Å²) >= 11 is 0. The van der Waals surface area contributed by atoms with Crippen molar-refractivity contribution in [1.82, 2.24) is 15.3 Å². The molecule has 118 valence electrons. The van der Waals surface area contributed by atoms with Crippen LogP contribution in [0.1, 0.15) is 52.8 Å². The normalized spacial score (nSPS) is 18.3. The number of aliphatic hydroxyl groups excluding tert-OH is 1. The molecule has 0 aromatic carbocycles. The number of rotatable bonds is 7. The highest BCUT2D eigenvalue weighted by Crippen LogP contribution is 2.39. The van der Waals surface area contributed by atoms with Gasteiger partial charge in [-0.1, -0.05) is 20.8 Å². The predicted octanol–water partition coefficient (Wildman–Crippen LogP) is 2.29.